The van der Waals surface area contributed by atoms with Gasteiger partial charge in [-0.15, -0.1) is 0 Å². The summed E-state index contributed by atoms with van der Waals surface area (Å²) in [5.74, 6) is -0.0559. The molecule has 1 fully saturated rings. The number of aromatic nitrogens is 3. The third-order valence-electron chi connectivity index (χ3n) is 3.54. The lowest BCUT2D eigenvalue weighted by molar-refractivity contribution is 0.478. The molecule has 0 amide bonds. The summed E-state index contributed by atoms with van der Waals surface area (Å²) in [6.07, 6.45) is 3.16. The molecule has 1 saturated heterocycles. The van der Waals surface area contributed by atoms with Gasteiger partial charge in [0.05, 0.1) is 0 Å². The Hall–Kier alpha value is -1.99. The molecule has 3 N–H and O–H groups in total. The molecule has 0 saturated carbocycles. The van der Waals surface area contributed by atoms with Crippen LogP contribution in [-0.4, -0.2) is 34.1 Å². The second-order valence-electron chi connectivity index (χ2n) is 5.11. The van der Waals surface area contributed by atoms with Crippen molar-refractivity contribution in [3.05, 3.63) is 39.7 Å². The number of pyridine rings is 1. The second kappa shape index (κ2) is 6.41. The van der Waals surface area contributed by atoms with Gasteiger partial charge in [-0.25, -0.2) is 9.97 Å². The Morgan fingerprint density at radius 2 is 2.14 bits per heavy atom. The van der Waals surface area contributed by atoms with E-state index in [1.807, 2.05) is 0 Å². The van der Waals surface area contributed by atoms with Crippen LogP contribution in [0.4, 0.5) is 10.2 Å². The average molecular weight is 324 g/mol. The summed E-state index contributed by atoms with van der Waals surface area (Å²) in [5, 5.41) is 6.47. The molecule has 116 valence electrons. The Balaban J connectivity index is 1.94. The van der Waals surface area contributed by atoms with Crippen molar-refractivity contribution in [1.82, 2.24) is 20.3 Å². The summed E-state index contributed by atoms with van der Waals surface area (Å²) in [6.45, 7) is 1.81. The van der Waals surface area contributed by atoms with E-state index in [1.165, 1.54) is 12.3 Å². The van der Waals surface area contributed by atoms with Crippen LogP contribution in [0.3, 0.4) is 0 Å². The van der Waals surface area contributed by atoms with E-state index in [4.69, 9.17) is 11.6 Å². The van der Waals surface area contributed by atoms with Crippen LogP contribution in [-0.2, 0) is 0 Å². The number of H-pyrrole nitrogens is 1. The first kappa shape index (κ1) is 14.9. The monoisotopic (exact) mass is 323 g/mol. The van der Waals surface area contributed by atoms with Crippen LogP contribution in [0.1, 0.15) is 12.8 Å². The van der Waals surface area contributed by atoms with Crippen LogP contribution in [0.5, 0.6) is 0 Å². The zero-order valence-corrected chi connectivity index (χ0v) is 12.5. The molecular weight excluding hydrogens is 309 g/mol. The minimum Gasteiger partial charge on any atom is -0.366 e. The van der Waals surface area contributed by atoms with Gasteiger partial charge in [0.2, 0.25) is 5.95 Å². The van der Waals surface area contributed by atoms with Crippen LogP contribution in [0, 0.1) is 5.95 Å². The molecule has 8 heteroatoms. The summed E-state index contributed by atoms with van der Waals surface area (Å²) < 4.78 is 13.2. The van der Waals surface area contributed by atoms with Gasteiger partial charge in [-0.3, -0.25) is 4.79 Å². The maximum absolute atomic E-state index is 13.2. The number of nitrogens with one attached hydrogen (secondary N) is 3. The van der Waals surface area contributed by atoms with Crippen molar-refractivity contribution in [2.24, 2.45) is 0 Å². The number of aromatic amines is 1. The van der Waals surface area contributed by atoms with Crippen molar-refractivity contribution < 1.29 is 4.39 Å². The van der Waals surface area contributed by atoms with E-state index in [9.17, 15) is 9.18 Å². The molecule has 3 heterocycles. The molecule has 0 bridgehead atoms. The minimum absolute atomic E-state index is 0.0109. The summed E-state index contributed by atoms with van der Waals surface area (Å²) in [5.41, 5.74) is -0.0186. The quantitative estimate of drug-likeness (QED) is 0.750. The van der Waals surface area contributed by atoms with Crippen molar-refractivity contribution in [2.75, 3.05) is 18.4 Å². The lowest BCUT2D eigenvalue weighted by Gasteiger charge is -2.24. The number of nitrogens with zero attached hydrogens (tertiary/aromatic N) is 2. The number of halogens is 2. The fraction of sp³-hybridized carbons (Fsp3) is 0.357. The summed E-state index contributed by atoms with van der Waals surface area (Å²) in [4.78, 5) is 22.3. The molecule has 0 spiro atoms. The van der Waals surface area contributed by atoms with Crippen LogP contribution < -0.4 is 16.2 Å². The molecule has 0 aliphatic carbocycles. The third-order valence-corrected chi connectivity index (χ3v) is 3.89. The highest BCUT2D eigenvalue weighted by Crippen LogP contribution is 2.21. The normalized spacial score (nSPS) is 15.7. The van der Waals surface area contributed by atoms with Crippen molar-refractivity contribution in [3.8, 4) is 11.4 Å². The molecule has 0 atom stereocenters. The maximum Gasteiger partial charge on any atom is 0.272 e. The minimum atomic E-state index is -0.636. The number of rotatable bonds is 3. The van der Waals surface area contributed by atoms with E-state index in [1.54, 1.807) is 6.07 Å². The first-order valence-electron chi connectivity index (χ1n) is 7.02. The summed E-state index contributed by atoms with van der Waals surface area (Å²) in [7, 11) is 0. The predicted octanol–water partition coefficient (Wildman–Crippen LogP) is 1.79. The summed E-state index contributed by atoms with van der Waals surface area (Å²) >= 11 is 6.03. The first-order chi connectivity index (χ1) is 10.6. The van der Waals surface area contributed by atoms with Gasteiger partial charge < -0.3 is 15.6 Å². The Labute approximate surface area is 131 Å². The molecule has 1 aliphatic rings. The fourth-order valence-corrected chi connectivity index (χ4v) is 2.54. The zero-order valence-electron chi connectivity index (χ0n) is 11.7. The van der Waals surface area contributed by atoms with E-state index in [0.29, 0.717) is 11.4 Å². The smallest absolute Gasteiger partial charge is 0.272 e. The molecule has 1 aliphatic heterocycles. The van der Waals surface area contributed by atoms with Crippen molar-refractivity contribution >= 4 is 17.4 Å². The fourth-order valence-electron chi connectivity index (χ4n) is 2.40. The van der Waals surface area contributed by atoms with Crippen LogP contribution in [0.15, 0.2) is 23.1 Å². The van der Waals surface area contributed by atoms with Crippen molar-refractivity contribution in [3.63, 3.8) is 0 Å². The zero-order chi connectivity index (χ0) is 15.5. The number of hydrogen-bond donors (Lipinski definition) is 3. The van der Waals surface area contributed by atoms with E-state index in [-0.39, 0.29) is 16.9 Å². The lowest BCUT2D eigenvalue weighted by atomic mass is 10.1. The van der Waals surface area contributed by atoms with Gasteiger partial charge in [-0.1, -0.05) is 11.6 Å². The first-order valence-corrected chi connectivity index (χ1v) is 7.40. The number of hydrogen-bond acceptors (Lipinski definition) is 5. The van der Waals surface area contributed by atoms with Gasteiger partial charge in [0.1, 0.15) is 10.8 Å². The molecule has 22 heavy (non-hydrogen) atoms. The molecule has 0 aromatic carbocycles. The van der Waals surface area contributed by atoms with Gasteiger partial charge in [0.15, 0.2) is 5.82 Å². The predicted molar refractivity (Wildman–Crippen MR) is 82.6 cm³/mol. The third kappa shape index (κ3) is 3.26. The highest BCUT2D eigenvalue weighted by molar-refractivity contribution is 6.32. The molecule has 3 rings (SSSR count). The molecule has 0 radical (unpaired) electrons. The van der Waals surface area contributed by atoms with Crippen LogP contribution in [0.2, 0.25) is 5.02 Å². The molecule has 2 aromatic heterocycles. The largest absolute Gasteiger partial charge is 0.366 e. The average Bonchev–Trinajstić information content (AvgIpc) is 2.52. The van der Waals surface area contributed by atoms with Crippen molar-refractivity contribution in [2.45, 2.75) is 18.9 Å². The van der Waals surface area contributed by atoms with Gasteiger partial charge in [-0.2, -0.15) is 4.39 Å². The Bertz CT molecular complexity index is 729. The van der Waals surface area contributed by atoms with E-state index in [0.717, 1.165) is 25.9 Å². The highest BCUT2D eigenvalue weighted by atomic mass is 35.5. The van der Waals surface area contributed by atoms with Crippen LogP contribution >= 0.6 is 11.6 Å². The van der Waals surface area contributed by atoms with Gasteiger partial charge >= 0.3 is 0 Å². The molecular formula is C14H15ClFN5O. The molecule has 0 unspecified atom stereocenters. The van der Waals surface area contributed by atoms with Gasteiger partial charge in [-0.05, 0) is 32.0 Å². The number of piperidine rings is 1. The van der Waals surface area contributed by atoms with Gasteiger partial charge in [0, 0.05) is 23.9 Å². The van der Waals surface area contributed by atoms with E-state index < -0.39 is 11.5 Å². The second-order valence-corrected chi connectivity index (χ2v) is 5.49. The lowest BCUT2D eigenvalue weighted by Crippen LogP contribution is -2.36. The number of anilines is 1. The summed E-state index contributed by atoms with van der Waals surface area (Å²) in [6, 6.07) is 2.99. The molecule has 2 aromatic rings. The van der Waals surface area contributed by atoms with Crippen LogP contribution in [0.25, 0.3) is 11.4 Å². The standard InChI is InChI=1S/C14H15ClFN5O/c15-11-13(19-9-2-4-17-5-3-9)20-12(21-14(11)22)8-1-6-18-10(16)7-8/h1,6-7,9,17H,2-5H2,(H2,19,20,21,22). The van der Waals surface area contributed by atoms with Crippen molar-refractivity contribution in [1.29, 1.82) is 0 Å². The topological polar surface area (TPSA) is 82.7 Å². The SMILES string of the molecule is O=c1[nH]c(-c2ccnc(F)c2)nc(NC2CCNCC2)c1Cl. The Morgan fingerprint density at radius 3 is 2.86 bits per heavy atom. The van der Waals surface area contributed by atoms with Gasteiger partial charge in [0.25, 0.3) is 5.56 Å². The molecule has 6 nitrogen and oxygen atoms in total. The maximum atomic E-state index is 13.2. The highest BCUT2D eigenvalue weighted by Gasteiger charge is 2.17. The van der Waals surface area contributed by atoms with E-state index >= 15 is 0 Å². The Morgan fingerprint density at radius 1 is 1.36 bits per heavy atom. The van der Waals surface area contributed by atoms with E-state index in [2.05, 4.69) is 25.6 Å². The Kier molecular flexibility index (Phi) is 4.35.